The lowest BCUT2D eigenvalue weighted by Gasteiger charge is -2.05. The summed E-state index contributed by atoms with van der Waals surface area (Å²) in [4.78, 5) is 15.6. The van der Waals surface area contributed by atoms with Crippen LogP contribution >= 0.6 is 27.3 Å². The number of halogens is 1. The highest BCUT2D eigenvalue weighted by molar-refractivity contribution is 9.10. The predicted molar refractivity (Wildman–Crippen MR) is 73.4 cm³/mol. The minimum Gasteiger partial charge on any atom is -0.352 e. The van der Waals surface area contributed by atoms with Crippen LogP contribution in [0.5, 0.6) is 0 Å². The second kappa shape index (κ2) is 5.79. The van der Waals surface area contributed by atoms with Crippen molar-refractivity contribution in [3.63, 3.8) is 0 Å². The van der Waals surface area contributed by atoms with E-state index < -0.39 is 0 Å². The van der Waals surface area contributed by atoms with Crippen molar-refractivity contribution in [2.45, 2.75) is 0 Å². The summed E-state index contributed by atoms with van der Waals surface area (Å²) in [5.41, 5.74) is 0.777. The zero-order valence-electron chi connectivity index (χ0n) is 8.81. The summed E-state index contributed by atoms with van der Waals surface area (Å²) in [6.45, 7) is 0.212. The number of amides is 1. The van der Waals surface area contributed by atoms with Crippen LogP contribution in [0.2, 0.25) is 0 Å². The number of anilines is 2. The number of hydrogen-bond acceptors (Lipinski definition) is 4. The van der Waals surface area contributed by atoms with Crippen molar-refractivity contribution in [3.05, 3.63) is 40.3 Å². The molecule has 0 bridgehead atoms. The molecular formula is C11H10BrN3OS. The van der Waals surface area contributed by atoms with Crippen LogP contribution in [-0.2, 0) is 4.79 Å². The van der Waals surface area contributed by atoms with Gasteiger partial charge in [0.05, 0.1) is 6.54 Å². The van der Waals surface area contributed by atoms with Gasteiger partial charge in [0, 0.05) is 21.7 Å². The second-order valence-electron chi connectivity index (χ2n) is 3.25. The molecule has 6 heteroatoms. The molecule has 0 aliphatic heterocycles. The van der Waals surface area contributed by atoms with Gasteiger partial charge in [-0.15, -0.1) is 11.3 Å². The maximum atomic E-state index is 11.6. The van der Waals surface area contributed by atoms with Crippen molar-refractivity contribution in [1.29, 1.82) is 0 Å². The van der Waals surface area contributed by atoms with Gasteiger partial charge in [0.1, 0.15) is 0 Å². The minimum atomic E-state index is -0.0949. The van der Waals surface area contributed by atoms with Crippen molar-refractivity contribution in [1.82, 2.24) is 4.98 Å². The van der Waals surface area contributed by atoms with Crippen LogP contribution in [0, 0.1) is 0 Å². The Morgan fingerprint density at radius 3 is 2.76 bits per heavy atom. The Morgan fingerprint density at radius 2 is 2.12 bits per heavy atom. The van der Waals surface area contributed by atoms with Crippen molar-refractivity contribution < 1.29 is 4.79 Å². The van der Waals surface area contributed by atoms with E-state index in [1.54, 1.807) is 6.20 Å². The molecule has 17 heavy (non-hydrogen) atoms. The highest BCUT2D eigenvalue weighted by Crippen LogP contribution is 2.14. The molecule has 1 aromatic heterocycles. The first-order valence-electron chi connectivity index (χ1n) is 4.93. The van der Waals surface area contributed by atoms with Gasteiger partial charge in [-0.1, -0.05) is 15.9 Å². The van der Waals surface area contributed by atoms with Gasteiger partial charge in [-0.05, 0) is 24.3 Å². The van der Waals surface area contributed by atoms with E-state index in [1.807, 2.05) is 29.6 Å². The Balaban J connectivity index is 1.83. The fourth-order valence-corrected chi connectivity index (χ4v) is 2.00. The van der Waals surface area contributed by atoms with Crippen molar-refractivity contribution in [2.75, 3.05) is 17.2 Å². The number of hydrogen-bond donors (Lipinski definition) is 2. The Kier molecular flexibility index (Phi) is 4.11. The third kappa shape index (κ3) is 3.83. The number of carbonyl (C=O) groups is 1. The zero-order chi connectivity index (χ0) is 12.1. The summed E-state index contributed by atoms with van der Waals surface area (Å²) in [5, 5.41) is 8.33. The Morgan fingerprint density at radius 1 is 1.35 bits per heavy atom. The Hall–Kier alpha value is -1.40. The van der Waals surface area contributed by atoms with Gasteiger partial charge < -0.3 is 10.6 Å². The average Bonchev–Trinajstić information content (AvgIpc) is 2.83. The van der Waals surface area contributed by atoms with Crippen LogP contribution in [0.25, 0.3) is 0 Å². The summed E-state index contributed by atoms with van der Waals surface area (Å²) in [7, 11) is 0. The highest BCUT2D eigenvalue weighted by atomic mass is 79.9. The fraction of sp³-hybridized carbons (Fsp3) is 0.0909. The van der Waals surface area contributed by atoms with Gasteiger partial charge in [0.15, 0.2) is 5.13 Å². The van der Waals surface area contributed by atoms with Gasteiger partial charge in [-0.25, -0.2) is 4.98 Å². The topological polar surface area (TPSA) is 54.0 Å². The third-order valence-electron chi connectivity index (χ3n) is 1.96. The molecule has 0 atom stereocenters. The molecule has 0 spiro atoms. The quantitative estimate of drug-likeness (QED) is 0.912. The zero-order valence-corrected chi connectivity index (χ0v) is 11.2. The predicted octanol–water partition coefficient (Wildman–Crippen LogP) is 2.96. The van der Waals surface area contributed by atoms with E-state index in [4.69, 9.17) is 0 Å². The van der Waals surface area contributed by atoms with Crippen LogP contribution in [0.3, 0.4) is 0 Å². The molecule has 0 fully saturated rings. The van der Waals surface area contributed by atoms with E-state index in [0.29, 0.717) is 0 Å². The molecule has 2 aromatic rings. The molecule has 2 rings (SSSR count). The molecule has 1 aromatic carbocycles. The summed E-state index contributed by atoms with van der Waals surface area (Å²) in [5.74, 6) is -0.0949. The molecule has 0 radical (unpaired) electrons. The molecule has 88 valence electrons. The molecule has 1 amide bonds. The van der Waals surface area contributed by atoms with Crippen molar-refractivity contribution in [2.24, 2.45) is 0 Å². The fourth-order valence-electron chi connectivity index (χ4n) is 1.21. The van der Waals surface area contributed by atoms with Gasteiger partial charge in [0.25, 0.3) is 0 Å². The van der Waals surface area contributed by atoms with Gasteiger partial charge in [0.2, 0.25) is 5.91 Å². The molecule has 0 aliphatic carbocycles. The van der Waals surface area contributed by atoms with Crippen LogP contribution in [-0.4, -0.2) is 17.4 Å². The number of nitrogens with one attached hydrogen (secondary N) is 2. The number of thiazole rings is 1. The first-order chi connectivity index (χ1) is 8.24. The molecule has 4 nitrogen and oxygen atoms in total. The molecule has 0 saturated heterocycles. The molecule has 0 aliphatic rings. The van der Waals surface area contributed by atoms with E-state index in [1.165, 1.54) is 11.3 Å². The van der Waals surface area contributed by atoms with E-state index in [9.17, 15) is 4.79 Å². The number of nitrogens with zero attached hydrogens (tertiary/aromatic N) is 1. The lowest BCUT2D eigenvalue weighted by molar-refractivity contribution is -0.114. The average molecular weight is 312 g/mol. The number of rotatable bonds is 4. The first-order valence-corrected chi connectivity index (χ1v) is 6.60. The SMILES string of the molecule is O=C(CNc1nccs1)Nc1ccc(Br)cc1. The maximum absolute atomic E-state index is 11.6. The van der Waals surface area contributed by atoms with Crippen LogP contribution in [0.4, 0.5) is 10.8 Å². The van der Waals surface area contributed by atoms with Gasteiger partial charge in [-0.2, -0.15) is 0 Å². The molecular weight excluding hydrogens is 302 g/mol. The lowest BCUT2D eigenvalue weighted by atomic mass is 10.3. The summed E-state index contributed by atoms with van der Waals surface area (Å²) in [6.07, 6.45) is 1.69. The van der Waals surface area contributed by atoms with E-state index in [0.717, 1.165) is 15.3 Å². The first kappa shape index (κ1) is 12.1. The van der Waals surface area contributed by atoms with E-state index in [-0.39, 0.29) is 12.5 Å². The summed E-state index contributed by atoms with van der Waals surface area (Å²) >= 11 is 4.80. The Labute approximate surface area is 111 Å². The monoisotopic (exact) mass is 311 g/mol. The van der Waals surface area contributed by atoms with E-state index >= 15 is 0 Å². The maximum Gasteiger partial charge on any atom is 0.243 e. The van der Waals surface area contributed by atoms with Crippen molar-refractivity contribution in [3.8, 4) is 0 Å². The number of aromatic nitrogens is 1. The number of carbonyl (C=O) groups excluding carboxylic acids is 1. The smallest absolute Gasteiger partial charge is 0.243 e. The van der Waals surface area contributed by atoms with Crippen LogP contribution < -0.4 is 10.6 Å². The van der Waals surface area contributed by atoms with E-state index in [2.05, 4.69) is 31.5 Å². The highest BCUT2D eigenvalue weighted by Gasteiger charge is 2.02. The molecule has 2 N–H and O–H groups in total. The second-order valence-corrected chi connectivity index (χ2v) is 5.06. The third-order valence-corrected chi connectivity index (χ3v) is 3.22. The normalized spacial score (nSPS) is 9.94. The molecule has 0 saturated carbocycles. The van der Waals surface area contributed by atoms with Gasteiger partial charge >= 0.3 is 0 Å². The Bertz CT molecular complexity index is 484. The largest absolute Gasteiger partial charge is 0.352 e. The van der Waals surface area contributed by atoms with Crippen LogP contribution in [0.1, 0.15) is 0 Å². The molecule has 1 heterocycles. The summed E-state index contributed by atoms with van der Waals surface area (Å²) < 4.78 is 0.983. The molecule has 0 unspecified atom stereocenters. The van der Waals surface area contributed by atoms with Crippen LogP contribution in [0.15, 0.2) is 40.3 Å². The standard InChI is InChI=1S/C11H10BrN3OS/c12-8-1-3-9(4-2-8)15-10(16)7-14-11-13-5-6-17-11/h1-6H,7H2,(H,13,14)(H,15,16). The van der Waals surface area contributed by atoms with Crippen molar-refractivity contribution >= 4 is 44.0 Å². The van der Waals surface area contributed by atoms with Gasteiger partial charge in [-0.3, -0.25) is 4.79 Å². The number of benzene rings is 1. The summed E-state index contributed by atoms with van der Waals surface area (Å²) in [6, 6.07) is 7.44. The lowest BCUT2D eigenvalue weighted by Crippen LogP contribution is -2.21. The minimum absolute atomic E-state index is 0.0949.